The maximum Gasteiger partial charge on any atom is 0.161 e. The zero-order valence-corrected chi connectivity index (χ0v) is 11.9. The summed E-state index contributed by atoms with van der Waals surface area (Å²) in [5.74, 6) is 2.80. The molecular weight excluding hydrogens is 266 g/mol. The van der Waals surface area contributed by atoms with Crippen LogP contribution < -0.4 is 9.47 Å². The predicted molar refractivity (Wildman–Crippen MR) is 78.4 cm³/mol. The molecule has 5 nitrogen and oxygen atoms in total. The second-order valence-electron chi connectivity index (χ2n) is 5.58. The molecule has 0 radical (unpaired) electrons. The normalized spacial score (nSPS) is 21.6. The van der Waals surface area contributed by atoms with Crippen LogP contribution >= 0.6 is 0 Å². The molecule has 1 aromatic carbocycles. The van der Waals surface area contributed by atoms with E-state index in [9.17, 15) is 0 Å². The van der Waals surface area contributed by atoms with E-state index in [-0.39, 0.29) is 0 Å². The van der Waals surface area contributed by atoms with E-state index in [1.165, 1.54) is 12.0 Å². The summed E-state index contributed by atoms with van der Waals surface area (Å²) in [6.45, 7) is 3.30. The highest BCUT2D eigenvalue weighted by atomic mass is 16.6. The van der Waals surface area contributed by atoms with E-state index in [4.69, 9.17) is 9.47 Å². The summed E-state index contributed by atoms with van der Waals surface area (Å²) in [6, 6.07) is 6.65. The summed E-state index contributed by atoms with van der Waals surface area (Å²) in [6.07, 6.45) is 6.11. The van der Waals surface area contributed by atoms with Crippen molar-refractivity contribution in [3.63, 3.8) is 0 Å². The maximum absolute atomic E-state index is 5.67. The third-order valence-corrected chi connectivity index (χ3v) is 4.19. The van der Waals surface area contributed by atoms with Gasteiger partial charge in [0, 0.05) is 18.9 Å². The lowest BCUT2D eigenvalue weighted by Crippen LogP contribution is -2.23. The topological polar surface area (TPSA) is 50.4 Å². The van der Waals surface area contributed by atoms with Crippen LogP contribution in [0, 0.1) is 0 Å². The van der Waals surface area contributed by atoms with E-state index in [1.807, 2.05) is 18.5 Å². The molecule has 110 valence electrons. The van der Waals surface area contributed by atoms with E-state index in [0.29, 0.717) is 19.3 Å². The minimum absolute atomic E-state index is 0.396. The molecule has 1 unspecified atom stereocenters. The Morgan fingerprint density at radius 1 is 1.24 bits per heavy atom. The first-order chi connectivity index (χ1) is 10.4. The van der Waals surface area contributed by atoms with Crippen LogP contribution in [0.3, 0.4) is 0 Å². The van der Waals surface area contributed by atoms with Gasteiger partial charge in [-0.25, -0.2) is 4.98 Å². The molecule has 2 aliphatic heterocycles. The van der Waals surface area contributed by atoms with Crippen molar-refractivity contribution in [2.75, 3.05) is 19.8 Å². The lowest BCUT2D eigenvalue weighted by molar-refractivity contribution is 0.171. The standard InChI is InChI=1S/C16H19N3O2/c1-2-13(16-17-5-6-18-16)19(7-1)11-12-3-4-14-15(10-12)21-9-8-20-14/h3-6,10,13H,1-2,7-9,11H2,(H,17,18). The zero-order chi connectivity index (χ0) is 14.1. The van der Waals surface area contributed by atoms with Gasteiger partial charge in [0.2, 0.25) is 0 Å². The molecule has 5 heteroatoms. The highest BCUT2D eigenvalue weighted by Gasteiger charge is 2.28. The first-order valence-electron chi connectivity index (χ1n) is 7.52. The van der Waals surface area contributed by atoms with Crippen molar-refractivity contribution in [2.45, 2.75) is 25.4 Å². The van der Waals surface area contributed by atoms with Crippen molar-refractivity contribution in [1.82, 2.24) is 14.9 Å². The molecule has 2 aromatic rings. The molecule has 4 rings (SSSR count). The van der Waals surface area contributed by atoms with Crippen LogP contribution in [0.1, 0.15) is 30.3 Å². The maximum atomic E-state index is 5.67. The summed E-state index contributed by atoms with van der Waals surface area (Å²) >= 11 is 0. The minimum Gasteiger partial charge on any atom is -0.486 e. The summed E-state index contributed by atoms with van der Waals surface area (Å²) < 4.78 is 11.2. The molecule has 0 spiro atoms. The Labute approximate surface area is 123 Å². The molecule has 0 amide bonds. The fraction of sp³-hybridized carbons (Fsp3) is 0.438. The summed E-state index contributed by atoms with van der Waals surface area (Å²) in [7, 11) is 0. The van der Waals surface area contributed by atoms with Gasteiger partial charge in [0.25, 0.3) is 0 Å². The summed E-state index contributed by atoms with van der Waals surface area (Å²) in [4.78, 5) is 10.1. The van der Waals surface area contributed by atoms with Crippen LogP contribution in [0.4, 0.5) is 0 Å². The second kappa shape index (κ2) is 5.41. The van der Waals surface area contributed by atoms with Crippen molar-refractivity contribution < 1.29 is 9.47 Å². The van der Waals surface area contributed by atoms with Crippen LogP contribution in [-0.4, -0.2) is 34.6 Å². The van der Waals surface area contributed by atoms with Gasteiger partial charge in [-0.05, 0) is 37.1 Å². The van der Waals surface area contributed by atoms with E-state index < -0.39 is 0 Å². The Morgan fingerprint density at radius 3 is 3.00 bits per heavy atom. The number of hydrogen-bond donors (Lipinski definition) is 1. The van der Waals surface area contributed by atoms with Gasteiger partial charge < -0.3 is 14.5 Å². The molecule has 21 heavy (non-hydrogen) atoms. The number of fused-ring (bicyclic) bond motifs is 1. The highest BCUT2D eigenvalue weighted by Crippen LogP contribution is 2.34. The van der Waals surface area contributed by atoms with Gasteiger partial charge in [-0.2, -0.15) is 0 Å². The monoisotopic (exact) mass is 285 g/mol. The number of aromatic nitrogens is 2. The number of rotatable bonds is 3. The summed E-state index contributed by atoms with van der Waals surface area (Å²) in [5, 5.41) is 0. The van der Waals surface area contributed by atoms with E-state index in [2.05, 4.69) is 27.0 Å². The molecule has 0 aliphatic carbocycles. The van der Waals surface area contributed by atoms with E-state index in [0.717, 1.165) is 36.8 Å². The average Bonchev–Trinajstić information content (AvgIpc) is 3.18. The lowest BCUT2D eigenvalue weighted by Gasteiger charge is -2.24. The third-order valence-electron chi connectivity index (χ3n) is 4.19. The molecule has 1 saturated heterocycles. The molecule has 2 aliphatic rings. The third kappa shape index (κ3) is 2.49. The minimum atomic E-state index is 0.396. The smallest absolute Gasteiger partial charge is 0.161 e. The molecule has 1 N–H and O–H groups in total. The summed E-state index contributed by atoms with van der Waals surface area (Å²) in [5.41, 5.74) is 1.26. The van der Waals surface area contributed by atoms with Crippen molar-refractivity contribution >= 4 is 0 Å². The van der Waals surface area contributed by atoms with Crippen molar-refractivity contribution in [3.8, 4) is 11.5 Å². The van der Waals surface area contributed by atoms with E-state index >= 15 is 0 Å². The first kappa shape index (κ1) is 12.7. The number of ether oxygens (including phenoxy) is 2. The van der Waals surface area contributed by atoms with Gasteiger partial charge >= 0.3 is 0 Å². The number of likely N-dealkylation sites (tertiary alicyclic amines) is 1. The van der Waals surface area contributed by atoms with Crippen LogP contribution in [0.2, 0.25) is 0 Å². The van der Waals surface area contributed by atoms with Crippen LogP contribution in [0.5, 0.6) is 11.5 Å². The number of benzene rings is 1. The van der Waals surface area contributed by atoms with Crippen LogP contribution in [0.15, 0.2) is 30.6 Å². The molecule has 1 aromatic heterocycles. The van der Waals surface area contributed by atoms with Gasteiger partial charge in [0.05, 0.1) is 6.04 Å². The number of nitrogens with zero attached hydrogens (tertiary/aromatic N) is 2. The number of nitrogens with one attached hydrogen (secondary N) is 1. The second-order valence-corrected chi connectivity index (χ2v) is 5.58. The Morgan fingerprint density at radius 2 is 2.14 bits per heavy atom. The van der Waals surface area contributed by atoms with E-state index in [1.54, 1.807) is 0 Å². The first-order valence-corrected chi connectivity index (χ1v) is 7.52. The van der Waals surface area contributed by atoms with Gasteiger partial charge in [-0.1, -0.05) is 6.07 Å². The van der Waals surface area contributed by atoms with Crippen molar-refractivity contribution in [2.24, 2.45) is 0 Å². The Kier molecular flexibility index (Phi) is 3.27. The fourth-order valence-corrected chi connectivity index (χ4v) is 3.21. The average molecular weight is 285 g/mol. The van der Waals surface area contributed by atoms with Crippen molar-refractivity contribution in [1.29, 1.82) is 0 Å². The van der Waals surface area contributed by atoms with Crippen molar-refractivity contribution in [3.05, 3.63) is 42.0 Å². The molecule has 0 saturated carbocycles. The number of hydrogen-bond acceptors (Lipinski definition) is 4. The molecule has 1 atom stereocenters. The lowest BCUT2D eigenvalue weighted by atomic mass is 10.1. The Balaban J connectivity index is 1.52. The number of imidazole rings is 1. The highest BCUT2D eigenvalue weighted by molar-refractivity contribution is 5.43. The zero-order valence-electron chi connectivity index (χ0n) is 11.9. The van der Waals surface area contributed by atoms with Crippen LogP contribution in [0.25, 0.3) is 0 Å². The SMILES string of the molecule is c1c[nH]c(C2CCCN2Cc2ccc3c(c2)OCCO3)n1. The Hall–Kier alpha value is -2.01. The molecular formula is C16H19N3O2. The van der Waals surface area contributed by atoms with Gasteiger partial charge in [-0.15, -0.1) is 0 Å². The van der Waals surface area contributed by atoms with Gasteiger partial charge in [0.15, 0.2) is 11.5 Å². The Bertz CT molecular complexity index is 612. The predicted octanol–water partition coefficient (Wildman–Crippen LogP) is 2.52. The van der Waals surface area contributed by atoms with Gasteiger partial charge in [0.1, 0.15) is 19.0 Å². The largest absolute Gasteiger partial charge is 0.486 e. The molecule has 1 fully saturated rings. The fourth-order valence-electron chi connectivity index (χ4n) is 3.21. The number of H-pyrrole nitrogens is 1. The van der Waals surface area contributed by atoms with Gasteiger partial charge in [-0.3, -0.25) is 4.90 Å². The van der Waals surface area contributed by atoms with Crippen LogP contribution in [-0.2, 0) is 6.54 Å². The molecule has 0 bridgehead atoms. The quantitative estimate of drug-likeness (QED) is 0.941. The molecule has 3 heterocycles. The number of aromatic amines is 1.